The van der Waals surface area contributed by atoms with Gasteiger partial charge in [0.2, 0.25) is 0 Å². The third-order valence-corrected chi connectivity index (χ3v) is 2.14. The van der Waals surface area contributed by atoms with E-state index in [-0.39, 0.29) is 5.56 Å². The summed E-state index contributed by atoms with van der Waals surface area (Å²) in [5.74, 6) is -3.46. The van der Waals surface area contributed by atoms with E-state index in [4.69, 9.17) is 0 Å². The van der Waals surface area contributed by atoms with Crippen molar-refractivity contribution >= 4 is 5.97 Å². The third-order valence-electron chi connectivity index (χ3n) is 2.14. The molecule has 0 saturated carbocycles. The van der Waals surface area contributed by atoms with Crippen molar-refractivity contribution in [3.05, 3.63) is 34.9 Å². The zero-order valence-electron chi connectivity index (χ0n) is 9.17. The van der Waals surface area contributed by atoms with E-state index in [2.05, 4.69) is 4.74 Å². The highest BCUT2D eigenvalue weighted by Gasteiger charge is 2.23. The molecular formula is C11H12F2O3. The molecule has 0 aliphatic rings. The zero-order chi connectivity index (χ0) is 12.5. The summed E-state index contributed by atoms with van der Waals surface area (Å²) in [4.78, 5) is 11.2. The average molecular weight is 230 g/mol. The number of carbonyl (C=O) groups is 1. The number of hydrogen-bond acceptors (Lipinski definition) is 3. The van der Waals surface area contributed by atoms with E-state index in [1.165, 1.54) is 13.8 Å². The quantitative estimate of drug-likeness (QED) is 0.790. The highest BCUT2D eigenvalue weighted by molar-refractivity contribution is 5.89. The molecule has 0 radical (unpaired) electrons. The largest absolute Gasteiger partial charge is 0.465 e. The van der Waals surface area contributed by atoms with E-state index in [9.17, 15) is 18.7 Å². The molecule has 1 aromatic rings. The number of aliphatic hydroxyl groups is 1. The first-order valence-electron chi connectivity index (χ1n) is 4.57. The molecule has 0 saturated heterocycles. The fraction of sp³-hybridized carbons (Fsp3) is 0.364. The highest BCUT2D eigenvalue weighted by Crippen LogP contribution is 2.24. The number of methoxy groups -OCH3 is 1. The van der Waals surface area contributed by atoms with Crippen LogP contribution in [-0.4, -0.2) is 18.2 Å². The second kappa shape index (κ2) is 4.17. The molecule has 0 atom stereocenters. The van der Waals surface area contributed by atoms with Gasteiger partial charge >= 0.3 is 5.97 Å². The molecule has 0 heterocycles. The Morgan fingerprint density at radius 3 is 2.38 bits per heavy atom. The first-order chi connectivity index (χ1) is 7.27. The van der Waals surface area contributed by atoms with Gasteiger partial charge in [-0.2, -0.15) is 0 Å². The van der Waals surface area contributed by atoms with Gasteiger partial charge in [0.1, 0.15) is 0 Å². The number of halogens is 2. The monoisotopic (exact) mass is 230 g/mol. The maximum atomic E-state index is 13.2. The summed E-state index contributed by atoms with van der Waals surface area (Å²) in [7, 11) is 1.07. The van der Waals surface area contributed by atoms with Crippen molar-refractivity contribution in [3.63, 3.8) is 0 Å². The van der Waals surface area contributed by atoms with Gasteiger partial charge in [0.25, 0.3) is 0 Å². The number of rotatable bonds is 2. The summed E-state index contributed by atoms with van der Waals surface area (Å²) < 4.78 is 30.7. The number of carbonyl (C=O) groups excluding carboxylic acids is 1. The highest BCUT2D eigenvalue weighted by atomic mass is 19.2. The average Bonchev–Trinajstić information content (AvgIpc) is 2.19. The van der Waals surface area contributed by atoms with Gasteiger partial charge in [-0.1, -0.05) is 0 Å². The van der Waals surface area contributed by atoms with Crippen molar-refractivity contribution in [2.45, 2.75) is 19.4 Å². The molecule has 0 aliphatic heterocycles. The van der Waals surface area contributed by atoms with Gasteiger partial charge in [0, 0.05) is 0 Å². The summed E-state index contributed by atoms with van der Waals surface area (Å²) in [6, 6.07) is 1.92. The molecular weight excluding hydrogens is 218 g/mol. The number of ether oxygens (including phenoxy) is 1. The number of hydrogen-bond donors (Lipinski definition) is 1. The minimum absolute atomic E-state index is 0.104. The first-order valence-corrected chi connectivity index (χ1v) is 4.57. The smallest absolute Gasteiger partial charge is 0.340 e. The molecule has 0 spiro atoms. The minimum atomic E-state index is -1.36. The Labute approximate surface area is 91.7 Å². The SMILES string of the molecule is COC(=O)c1cc(C(C)(C)O)cc(F)c1F. The Morgan fingerprint density at radius 2 is 1.94 bits per heavy atom. The molecule has 88 valence electrons. The minimum Gasteiger partial charge on any atom is -0.465 e. The van der Waals surface area contributed by atoms with Crippen molar-refractivity contribution in [3.8, 4) is 0 Å². The van der Waals surface area contributed by atoms with Gasteiger partial charge in [0.05, 0.1) is 18.3 Å². The molecule has 3 nitrogen and oxygen atoms in total. The molecule has 0 aromatic heterocycles. The van der Waals surface area contributed by atoms with E-state index in [0.29, 0.717) is 0 Å². The molecule has 0 bridgehead atoms. The van der Waals surface area contributed by atoms with E-state index in [1.807, 2.05) is 0 Å². The molecule has 1 rings (SSSR count). The van der Waals surface area contributed by atoms with Gasteiger partial charge < -0.3 is 9.84 Å². The van der Waals surface area contributed by atoms with Gasteiger partial charge in [-0.25, -0.2) is 13.6 Å². The van der Waals surface area contributed by atoms with Crippen LogP contribution in [0.5, 0.6) is 0 Å². The molecule has 16 heavy (non-hydrogen) atoms. The Kier molecular flexibility index (Phi) is 3.28. The molecule has 1 N–H and O–H groups in total. The van der Waals surface area contributed by atoms with Crippen LogP contribution in [0.3, 0.4) is 0 Å². The second-order valence-corrected chi connectivity index (χ2v) is 3.87. The fourth-order valence-corrected chi connectivity index (χ4v) is 1.20. The lowest BCUT2D eigenvalue weighted by Gasteiger charge is -2.18. The number of benzene rings is 1. The van der Waals surface area contributed by atoms with Crippen LogP contribution < -0.4 is 0 Å². The van der Waals surface area contributed by atoms with Crippen molar-refractivity contribution in [2.24, 2.45) is 0 Å². The van der Waals surface area contributed by atoms with Gasteiger partial charge in [-0.15, -0.1) is 0 Å². The summed E-state index contributed by atoms with van der Waals surface area (Å²) in [6.45, 7) is 2.81. The standard InChI is InChI=1S/C11H12F2O3/c1-11(2,15)6-4-7(10(14)16-3)9(13)8(12)5-6/h4-5,15H,1-3H3. The maximum Gasteiger partial charge on any atom is 0.340 e. The molecule has 0 amide bonds. The van der Waals surface area contributed by atoms with Crippen LogP contribution in [0.2, 0.25) is 0 Å². The Bertz CT molecular complexity index is 422. The lowest BCUT2D eigenvalue weighted by Crippen LogP contribution is -2.18. The third kappa shape index (κ3) is 2.36. The van der Waals surface area contributed by atoms with Crippen molar-refractivity contribution in [2.75, 3.05) is 7.11 Å². The molecule has 0 unspecified atom stereocenters. The van der Waals surface area contributed by atoms with Crippen LogP contribution in [0.15, 0.2) is 12.1 Å². The maximum absolute atomic E-state index is 13.2. The van der Waals surface area contributed by atoms with Gasteiger partial charge in [0.15, 0.2) is 11.6 Å². The van der Waals surface area contributed by atoms with E-state index >= 15 is 0 Å². The molecule has 0 aliphatic carbocycles. The zero-order valence-corrected chi connectivity index (χ0v) is 9.17. The first kappa shape index (κ1) is 12.6. The van der Waals surface area contributed by atoms with Crippen molar-refractivity contribution in [1.29, 1.82) is 0 Å². The van der Waals surface area contributed by atoms with Crippen molar-refractivity contribution < 1.29 is 23.4 Å². The van der Waals surface area contributed by atoms with Gasteiger partial charge in [-0.05, 0) is 31.5 Å². The lowest BCUT2D eigenvalue weighted by molar-refractivity contribution is 0.0591. The van der Waals surface area contributed by atoms with Gasteiger partial charge in [-0.3, -0.25) is 0 Å². The van der Waals surface area contributed by atoms with E-state index in [1.54, 1.807) is 0 Å². The van der Waals surface area contributed by atoms with Crippen LogP contribution in [0, 0.1) is 11.6 Å². The Morgan fingerprint density at radius 1 is 1.38 bits per heavy atom. The van der Waals surface area contributed by atoms with Crippen LogP contribution in [0.1, 0.15) is 29.8 Å². The molecule has 5 heteroatoms. The summed E-state index contributed by atoms with van der Waals surface area (Å²) in [5.41, 5.74) is -1.79. The molecule has 1 aromatic carbocycles. The fourth-order valence-electron chi connectivity index (χ4n) is 1.20. The molecule has 0 fully saturated rings. The van der Waals surface area contributed by atoms with E-state index in [0.717, 1.165) is 19.2 Å². The normalized spacial score (nSPS) is 11.4. The second-order valence-electron chi connectivity index (χ2n) is 3.87. The number of esters is 1. The van der Waals surface area contributed by atoms with Crippen LogP contribution in [0.4, 0.5) is 8.78 Å². The Hall–Kier alpha value is -1.49. The van der Waals surface area contributed by atoms with Crippen molar-refractivity contribution in [1.82, 2.24) is 0 Å². The van der Waals surface area contributed by atoms with E-state index < -0.39 is 28.8 Å². The van der Waals surface area contributed by atoms with Crippen LogP contribution >= 0.6 is 0 Å². The summed E-state index contributed by atoms with van der Waals surface area (Å²) in [6.07, 6.45) is 0. The predicted molar refractivity (Wildman–Crippen MR) is 52.9 cm³/mol. The van der Waals surface area contributed by atoms with Crippen LogP contribution in [0.25, 0.3) is 0 Å². The summed E-state index contributed by atoms with van der Waals surface area (Å²) in [5, 5.41) is 9.64. The van der Waals surface area contributed by atoms with Crippen LogP contribution in [-0.2, 0) is 10.3 Å². The predicted octanol–water partition coefficient (Wildman–Crippen LogP) is 1.98. The Balaban J connectivity index is 3.39. The lowest BCUT2D eigenvalue weighted by atomic mass is 9.96. The summed E-state index contributed by atoms with van der Waals surface area (Å²) >= 11 is 0. The topological polar surface area (TPSA) is 46.5 Å².